The van der Waals surface area contributed by atoms with Crippen LogP contribution in [0.25, 0.3) is 0 Å². The molecule has 11 heteroatoms. The predicted molar refractivity (Wildman–Crippen MR) is 157 cm³/mol. The predicted octanol–water partition coefficient (Wildman–Crippen LogP) is 5.56. The molecule has 2 aliphatic heterocycles. The fourth-order valence-corrected chi connectivity index (χ4v) is 6.16. The Morgan fingerprint density at radius 1 is 1.02 bits per heavy atom. The van der Waals surface area contributed by atoms with Crippen molar-refractivity contribution in [3.63, 3.8) is 0 Å². The number of phenols is 1. The number of aromatic hydroxyl groups is 1. The quantitative estimate of drug-likeness (QED) is 0.253. The molecule has 0 aromatic heterocycles. The second-order valence-electron chi connectivity index (χ2n) is 10.2. The maximum absolute atomic E-state index is 14.3. The first kappa shape index (κ1) is 29.8. The minimum Gasteiger partial charge on any atom is -0.508 e. The first-order valence-corrected chi connectivity index (χ1v) is 14.6. The lowest BCUT2D eigenvalue weighted by molar-refractivity contribution is -0.164. The lowest BCUT2D eigenvalue weighted by Gasteiger charge is -2.50. The Bertz CT molecular complexity index is 1470. The number of nitrogens with zero attached hydrogens (tertiary/aromatic N) is 2. The normalized spacial score (nSPS) is 20.6. The van der Waals surface area contributed by atoms with E-state index < -0.39 is 29.9 Å². The van der Waals surface area contributed by atoms with E-state index in [0.29, 0.717) is 34.7 Å². The van der Waals surface area contributed by atoms with Crippen LogP contribution >= 0.6 is 23.2 Å². The zero-order valence-corrected chi connectivity index (χ0v) is 24.5. The number of halogens is 2. The molecule has 2 amide bonds. The van der Waals surface area contributed by atoms with Crippen molar-refractivity contribution in [3.8, 4) is 5.75 Å². The van der Waals surface area contributed by atoms with E-state index in [4.69, 9.17) is 32.8 Å². The van der Waals surface area contributed by atoms with Gasteiger partial charge in [-0.3, -0.25) is 24.2 Å². The smallest absolute Gasteiger partial charge is 0.325 e. The van der Waals surface area contributed by atoms with Crippen LogP contribution in [0, 0.1) is 0 Å². The van der Waals surface area contributed by atoms with Crippen LogP contribution in [-0.4, -0.2) is 52.1 Å². The topological polar surface area (TPSA) is 108 Å². The lowest BCUT2D eigenvalue weighted by atomic mass is 9.79. The van der Waals surface area contributed by atoms with Gasteiger partial charge < -0.3 is 9.84 Å². The number of piperidine rings is 1. The molecule has 3 atom stereocenters. The largest absolute Gasteiger partial charge is 0.508 e. The van der Waals surface area contributed by atoms with E-state index in [2.05, 4.69) is 5.48 Å². The molecule has 3 unspecified atom stereocenters. The summed E-state index contributed by atoms with van der Waals surface area (Å²) >= 11 is 13.0. The second-order valence-corrected chi connectivity index (χ2v) is 11.0. The van der Waals surface area contributed by atoms with Gasteiger partial charge in [0.25, 0.3) is 11.8 Å². The van der Waals surface area contributed by atoms with Crippen LogP contribution in [0.3, 0.4) is 0 Å². The summed E-state index contributed by atoms with van der Waals surface area (Å²) in [7, 11) is 0. The fourth-order valence-electron chi connectivity index (χ4n) is 5.64. The summed E-state index contributed by atoms with van der Waals surface area (Å²) in [5.74, 6) is -2.12. The Balaban J connectivity index is 1.58. The van der Waals surface area contributed by atoms with Crippen molar-refractivity contribution in [2.45, 2.75) is 50.8 Å². The highest BCUT2D eigenvalue weighted by atomic mass is 35.5. The van der Waals surface area contributed by atoms with Gasteiger partial charge in [-0.2, -0.15) is 0 Å². The van der Waals surface area contributed by atoms with Crippen LogP contribution in [0.1, 0.15) is 65.2 Å². The molecular weight excluding hydrogens is 581 g/mol. The van der Waals surface area contributed by atoms with E-state index >= 15 is 0 Å². The van der Waals surface area contributed by atoms with Gasteiger partial charge in [0.15, 0.2) is 0 Å². The summed E-state index contributed by atoms with van der Waals surface area (Å²) in [6.45, 7) is 2.40. The van der Waals surface area contributed by atoms with Crippen LogP contribution in [0.2, 0.25) is 10.0 Å². The number of nitrogens with one attached hydrogen (secondary N) is 1. The van der Waals surface area contributed by atoms with E-state index in [0.717, 1.165) is 18.4 Å². The van der Waals surface area contributed by atoms with Crippen molar-refractivity contribution in [2.75, 3.05) is 13.2 Å². The highest BCUT2D eigenvalue weighted by Crippen LogP contribution is 2.47. The number of hydrazine groups is 1. The van der Waals surface area contributed by atoms with Crippen molar-refractivity contribution in [1.82, 2.24) is 15.5 Å². The number of benzene rings is 3. The summed E-state index contributed by atoms with van der Waals surface area (Å²) in [6, 6.07) is 16.6. The number of hydroxylamine groups is 1. The molecule has 2 N–H and O–H groups in total. The number of hydrogen-bond acceptors (Lipinski definition) is 7. The number of ether oxygens (including phenoxy) is 1. The molecule has 0 saturated carbocycles. The number of amides is 2. The molecule has 0 aliphatic carbocycles. The van der Waals surface area contributed by atoms with Crippen molar-refractivity contribution in [1.29, 1.82) is 0 Å². The Morgan fingerprint density at radius 3 is 2.52 bits per heavy atom. The Hall–Kier alpha value is -3.63. The average Bonchev–Trinajstić information content (AvgIpc) is 2.98. The molecule has 1 saturated heterocycles. The van der Waals surface area contributed by atoms with Gasteiger partial charge in [-0.05, 0) is 73.2 Å². The molecule has 2 aliphatic rings. The van der Waals surface area contributed by atoms with E-state index in [1.807, 2.05) is 0 Å². The molecule has 42 heavy (non-hydrogen) atoms. The number of hydrogen-bond donors (Lipinski definition) is 2. The molecule has 0 radical (unpaired) electrons. The number of fused-ring (bicyclic) bond motifs is 1. The van der Waals surface area contributed by atoms with Crippen LogP contribution in [0.4, 0.5) is 0 Å². The molecule has 220 valence electrons. The summed E-state index contributed by atoms with van der Waals surface area (Å²) in [4.78, 5) is 47.0. The van der Waals surface area contributed by atoms with Gasteiger partial charge in [0.2, 0.25) is 0 Å². The minimum atomic E-state index is -0.956. The molecule has 5 rings (SSSR count). The van der Waals surface area contributed by atoms with Crippen LogP contribution in [0.15, 0.2) is 66.7 Å². The summed E-state index contributed by atoms with van der Waals surface area (Å²) in [5, 5.41) is 13.5. The lowest BCUT2D eigenvalue weighted by Crippen LogP contribution is -2.61. The zero-order chi connectivity index (χ0) is 29.8. The second kappa shape index (κ2) is 13.1. The van der Waals surface area contributed by atoms with E-state index in [1.54, 1.807) is 66.5 Å². The van der Waals surface area contributed by atoms with Gasteiger partial charge in [-0.1, -0.05) is 59.6 Å². The number of carbonyl (C=O) groups excluding carboxylic acids is 3. The SMILES string of the molecule is CCOC(=O)C1CCCCN1N1C(=O)c2ccccc2C(C(=O)NOCc2ccc(O)cc2)C1c1ccc(Cl)cc1Cl. The third-order valence-corrected chi connectivity index (χ3v) is 8.10. The van der Waals surface area contributed by atoms with E-state index in [1.165, 1.54) is 17.1 Å². The standard InChI is InChI=1S/C31H31Cl2N3O6/c1-2-41-31(40)26-9-5-6-16-35(26)36-28(24-15-12-20(32)17-25(24)33)27(22-7-3-4-8-23(22)30(36)39)29(38)34-42-18-19-10-13-21(37)14-11-19/h3-4,7-8,10-15,17,26-28,37H,2,5-6,9,16,18H2,1H3,(H,34,38). The minimum absolute atomic E-state index is 0.0481. The first-order chi connectivity index (χ1) is 20.3. The van der Waals surface area contributed by atoms with Crippen molar-refractivity contribution in [3.05, 3.63) is 99.0 Å². The molecule has 0 bridgehead atoms. The Morgan fingerprint density at radius 2 is 1.79 bits per heavy atom. The highest BCUT2D eigenvalue weighted by Gasteiger charge is 2.50. The monoisotopic (exact) mass is 611 g/mol. The van der Waals surface area contributed by atoms with Crippen LogP contribution in [0.5, 0.6) is 5.75 Å². The third-order valence-electron chi connectivity index (χ3n) is 7.54. The van der Waals surface area contributed by atoms with Gasteiger partial charge >= 0.3 is 5.97 Å². The first-order valence-electron chi connectivity index (χ1n) is 13.8. The molecule has 9 nitrogen and oxygen atoms in total. The molecule has 0 spiro atoms. The number of rotatable bonds is 8. The van der Waals surface area contributed by atoms with Crippen molar-refractivity contribution >= 4 is 41.0 Å². The molecule has 3 aromatic rings. The zero-order valence-electron chi connectivity index (χ0n) is 23.0. The fraction of sp³-hybridized carbons (Fsp3) is 0.323. The van der Waals surface area contributed by atoms with Crippen molar-refractivity contribution in [2.24, 2.45) is 0 Å². The summed E-state index contributed by atoms with van der Waals surface area (Å²) in [6.07, 6.45) is 2.03. The average molecular weight is 613 g/mol. The van der Waals surface area contributed by atoms with Gasteiger partial charge in [-0.15, -0.1) is 0 Å². The van der Waals surface area contributed by atoms with Gasteiger partial charge in [-0.25, -0.2) is 10.5 Å². The van der Waals surface area contributed by atoms with Crippen LogP contribution < -0.4 is 5.48 Å². The summed E-state index contributed by atoms with van der Waals surface area (Å²) < 4.78 is 5.39. The Labute approximate surface area is 253 Å². The highest BCUT2D eigenvalue weighted by molar-refractivity contribution is 6.35. The van der Waals surface area contributed by atoms with E-state index in [-0.39, 0.29) is 29.9 Å². The third kappa shape index (κ3) is 6.10. The molecule has 2 heterocycles. The number of carbonyl (C=O) groups is 3. The van der Waals surface area contributed by atoms with Gasteiger partial charge in [0.05, 0.1) is 25.2 Å². The maximum Gasteiger partial charge on any atom is 0.325 e. The van der Waals surface area contributed by atoms with E-state index in [9.17, 15) is 19.5 Å². The number of phenolic OH excluding ortho intramolecular Hbond substituents is 1. The van der Waals surface area contributed by atoms with Crippen LogP contribution in [-0.2, 0) is 25.8 Å². The Kier molecular flexibility index (Phi) is 9.33. The molecule has 1 fully saturated rings. The van der Waals surface area contributed by atoms with Gasteiger partial charge in [0.1, 0.15) is 11.8 Å². The maximum atomic E-state index is 14.3. The summed E-state index contributed by atoms with van der Waals surface area (Å²) in [5.41, 5.74) is 4.63. The van der Waals surface area contributed by atoms with Crippen molar-refractivity contribution < 1.29 is 29.1 Å². The molecular formula is C31H31Cl2N3O6. The molecule has 3 aromatic carbocycles. The van der Waals surface area contributed by atoms with Gasteiger partial charge in [0, 0.05) is 22.2 Å². The number of esters is 1.